The average molecular weight is 444 g/mol. The Morgan fingerprint density at radius 3 is 2.48 bits per heavy atom. The lowest BCUT2D eigenvalue weighted by molar-refractivity contribution is 0.0387. The van der Waals surface area contributed by atoms with Gasteiger partial charge in [-0.05, 0) is 49.7 Å². The molecule has 0 atom stereocenters. The highest BCUT2D eigenvalue weighted by Crippen LogP contribution is 2.23. The van der Waals surface area contributed by atoms with Gasteiger partial charge in [0.25, 0.3) is 5.91 Å². The molecule has 0 saturated heterocycles. The zero-order chi connectivity index (χ0) is 22.4. The Bertz CT molecular complexity index is 1060. The molecule has 0 fully saturated rings. The summed E-state index contributed by atoms with van der Waals surface area (Å²) in [5, 5.41) is 3.36. The van der Waals surface area contributed by atoms with Gasteiger partial charge in [0.1, 0.15) is 18.1 Å². The second-order valence-electron chi connectivity index (χ2n) is 6.65. The lowest BCUT2D eigenvalue weighted by Crippen LogP contribution is -2.15. The van der Waals surface area contributed by atoms with Crippen LogP contribution < -0.4 is 10.1 Å². The Labute approximate surface area is 184 Å². The maximum atomic E-state index is 12.7. The van der Waals surface area contributed by atoms with Crippen molar-refractivity contribution in [2.45, 2.75) is 13.8 Å². The van der Waals surface area contributed by atoms with E-state index in [2.05, 4.69) is 15.3 Å². The van der Waals surface area contributed by atoms with Crippen LogP contribution in [0.15, 0.2) is 42.6 Å². The van der Waals surface area contributed by atoms with E-state index >= 15 is 0 Å². The molecule has 0 aliphatic carbocycles. The predicted molar refractivity (Wildman–Crippen MR) is 116 cm³/mol. The SMILES string of the molecule is COCCOC(=O)c1c(C)[nH]c(C(=O)Nc2ccc(Oc3ccc(Cl)cc3)nc2)c1C. The van der Waals surface area contributed by atoms with Gasteiger partial charge in [-0.25, -0.2) is 9.78 Å². The number of methoxy groups -OCH3 is 1. The summed E-state index contributed by atoms with van der Waals surface area (Å²) in [6.07, 6.45) is 1.48. The van der Waals surface area contributed by atoms with Crippen LogP contribution in [0.3, 0.4) is 0 Å². The number of esters is 1. The van der Waals surface area contributed by atoms with Crippen LogP contribution in [0.4, 0.5) is 5.69 Å². The van der Waals surface area contributed by atoms with Crippen molar-refractivity contribution in [3.8, 4) is 11.6 Å². The molecule has 0 aliphatic heterocycles. The van der Waals surface area contributed by atoms with Crippen LogP contribution in [-0.4, -0.2) is 42.2 Å². The fraction of sp³-hybridized carbons (Fsp3) is 0.227. The summed E-state index contributed by atoms with van der Waals surface area (Å²) in [7, 11) is 1.52. The molecule has 2 aromatic heterocycles. The van der Waals surface area contributed by atoms with E-state index in [9.17, 15) is 9.59 Å². The van der Waals surface area contributed by atoms with E-state index in [0.29, 0.717) is 45.8 Å². The third kappa shape index (κ3) is 5.62. The van der Waals surface area contributed by atoms with Crippen LogP contribution in [0.5, 0.6) is 11.6 Å². The number of hydrogen-bond donors (Lipinski definition) is 2. The molecule has 2 heterocycles. The molecular formula is C22H22ClN3O5. The summed E-state index contributed by atoms with van der Waals surface area (Å²) in [4.78, 5) is 32.2. The van der Waals surface area contributed by atoms with E-state index in [0.717, 1.165) is 0 Å². The fourth-order valence-electron chi connectivity index (χ4n) is 2.90. The number of pyridine rings is 1. The zero-order valence-corrected chi connectivity index (χ0v) is 18.1. The van der Waals surface area contributed by atoms with Crippen LogP contribution in [0.1, 0.15) is 32.1 Å². The number of benzene rings is 1. The largest absolute Gasteiger partial charge is 0.460 e. The Balaban J connectivity index is 1.66. The van der Waals surface area contributed by atoms with Crippen molar-refractivity contribution in [3.63, 3.8) is 0 Å². The number of halogens is 1. The summed E-state index contributed by atoms with van der Waals surface area (Å²) < 4.78 is 15.7. The number of carbonyl (C=O) groups is 2. The van der Waals surface area contributed by atoms with Crippen LogP contribution >= 0.6 is 11.6 Å². The van der Waals surface area contributed by atoms with Crippen molar-refractivity contribution in [1.82, 2.24) is 9.97 Å². The summed E-state index contributed by atoms with van der Waals surface area (Å²) in [5.74, 6) is 0.0572. The number of aryl methyl sites for hydroxylation is 1. The second-order valence-corrected chi connectivity index (χ2v) is 7.09. The first-order valence-electron chi connectivity index (χ1n) is 9.45. The number of aromatic nitrogens is 2. The number of nitrogens with zero attached hydrogens (tertiary/aromatic N) is 1. The van der Waals surface area contributed by atoms with Gasteiger partial charge in [0.2, 0.25) is 5.88 Å². The topological polar surface area (TPSA) is 103 Å². The molecule has 8 nitrogen and oxygen atoms in total. The molecule has 3 rings (SSSR count). The lowest BCUT2D eigenvalue weighted by Gasteiger charge is -2.08. The number of hydrogen-bond acceptors (Lipinski definition) is 6. The molecule has 0 saturated carbocycles. The quantitative estimate of drug-likeness (QED) is 0.391. The van der Waals surface area contributed by atoms with Crippen LogP contribution in [0.25, 0.3) is 0 Å². The predicted octanol–water partition coefficient (Wildman–Crippen LogP) is 4.53. The van der Waals surface area contributed by atoms with Crippen molar-refractivity contribution in [2.24, 2.45) is 0 Å². The van der Waals surface area contributed by atoms with Gasteiger partial charge < -0.3 is 24.5 Å². The molecule has 2 N–H and O–H groups in total. The molecule has 9 heteroatoms. The summed E-state index contributed by atoms with van der Waals surface area (Å²) in [6, 6.07) is 10.2. The second kappa shape index (κ2) is 10.1. The third-order valence-electron chi connectivity index (χ3n) is 4.42. The van der Waals surface area contributed by atoms with Gasteiger partial charge in [0.15, 0.2) is 0 Å². The van der Waals surface area contributed by atoms with Gasteiger partial charge in [-0.15, -0.1) is 0 Å². The van der Waals surface area contributed by atoms with E-state index in [1.807, 2.05) is 0 Å². The van der Waals surface area contributed by atoms with Crippen molar-refractivity contribution in [3.05, 3.63) is 70.1 Å². The van der Waals surface area contributed by atoms with E-state index in [-0.39, 0.29) is 12.3 Å². The number of carbonyl (C=O) groups excluding carboxylic acids is 2. The number of anilines is 1. The number of rotatable bonds is 8. The van der Waals surface area contributed by atoms with Crippen molar-refractivity contribution in [1.29, 1.82) is 0 Å². The van der Waals surface area contributed by atoms with Crippen molar-refractivity contribution in [2.75, 3.05) is 25.6 Å². The number of ether oxygens (including phenoxy) is 3. The fourth-order valence-corrected chi connectivity index (χ4v) is 3.03. The number of amides is 1. The van der Waals surface area contributed by atoms with E-state index < -0.39 is 11.9 Å². The molecule has 0 unspecified atom stereocenters. The molecule has 3 aromatic rings. The molecule has 1 amide bonds. The molecule has 1 aromatic carbocycles. The molecule has 0 bridgehead atoms. The highest BCUT2D eigenvalue weighted by molar-refractivity contribution is 6.30. The van der Waals surface area contributed by atoms with Gasteiger partial charge in [-0.2, -0.15) is 0 Å². The normalized spacial score (nSPS) is 10.6. The van der Waals surface area contributed by atoms with Gasteiger partial charge in [-0.3, -0.25) is 4.79 Å². The highest BCUT2D eigenvalue weighted by Gasteiger charge is 2.23. The smallest absolute Gasteiger partial charge is 0.340 e. The first kappa shape index (κ1) is 22.3. The van der Waals surface area contributed by atoms with Gasteiger partial charge >= 0.3 is 5.97 Å². The zero-order valence-electron chi connectivity index (χ0n) is 17.3. The maximum Gasteiger partial charge on any atom is 0.340 e. The summed E-state index contributed by atoms with van der Waals surface area (Å²) in [6.45, 7) is 3.83. The minimum absolute atomic E-state index is 0.136. The first-order chi connectivity index (χ1) is 14.9. The summed E-state index contributed by atoms with van der Waals surface area (Å²) in [5.41, 5.74) is 2.15. The third-order valence-corrected chi connectivity index (χ3v) is 4.67. The van der Waals surface area contributed by atoms with Gasteiger partial charge in [0, 0.05) is 23.9 Å². The van der Waals surface area contributed by atoms with Gasteiger partial charge in [-0.1, -0.05) is 11.6 Å². The van der Waals surface area contributed by atoms with Crippen molar-refractivity contribution >= 4 is 29.2 Å². The highest BCUT2D eigenvalue weighted by atomic mass is 35.5. The molecular weight excluding hydrogens is 422 g/mol. The number of H-pyrrole nitrogens is 1. The Morgan fingerprint density at radius 1 is 1.10 bits per heavy atom. The first-order valence-corrected chi connectivity index (χ1v) is 9.83. The van der Waals surface area contributed by atoms with E-state index in [1.165, 1.54) is 13.3 Å². The van der Waals surface area contributed by atoms with Crippen LogP contribution in [-0.2, 0) is 9.47 Å². The molecule has 162 valence electrons. The minimum atomic E-state index is -0.507. The number of aromatic amines is 1. The molecule has 31 heavy (non-hydrogen) atoms. The minimum Gasteiger partial charge on any atom is -0.460 e. The van der Waals surface area contributed by atoms with Crippen LogP contribution in [0, 0.1) is 13.8 Å². The Morgan fingerprint density at radius 2 is 1.84 bits per heavy atom. The number of nitrogens with one attached hydrogen (secondary N) is 2. The maximum absolute atomic E-state index is 12.7. The Kier molecular flexibility index (Phi) is 7.28. The Hall–Kier alpha value is -3.36. The van der Waals surface area contributed by atoms with Gasteiger partial charge in [0.05, 0.1) is 24.1 Å². The monoisotopic (exact) mass is 443 g/mol. The summed E-state index contributed by atoms with van der Waals surface area (Å²) >= 11 is 5.86. The van der Waals surface area contributed by atoms with E-state index in [4.69, 9.17) is 25.8 Å². The lowest BCUT2D eigenvalue weighted by atomic mass is 10.1. The molecule has 0 aliphatic rings. The molecule has 0 spiro atoms. The average Bonchev–Trinajstić information content (AvgIpc) is 3.05. The molecule has 0 radical (unpaired) electrons. The van der Waals surface area contributed by atoms with Crippen LogP contribution in [0.2, 0.25) is 5.02 Å². The standard InChI is InChI=1S/C22H22ClN3O5/c1-13-19(22(28)30-11-10-29-3)14(2)25-20(13)21(27)26-16-6-9-18(24-12-16)31-17-7-4-15(23)5-8-17/h4-9,12,25H,10-11H2,1-3H3,(H,26,27). The van der Waals surface area contributed by atoms with E-state index in [1.54, 1.807) is 50.2 Å². The van der Waals surface area contributed by atoms with Crippen molar-refractivity contribution < 1.29 is 23.8 Å².